The molecule has 0 aliphatic rings. The zero-order valence-corrected chi connectivity index (χ0v) is 15.2. The van der Waals surface area contributed by atoms with Crippen LogP contribution in [0.15, 0.2) is 29.4 Å². The highest BCUT2D eigenvalue weighted by molar-refractivity contribution is 5.79. The van der Waals surface area contributed by atoms with Crippen molar-refractivity contribution in [1.82, 2.24) is 20.0 Å². The number of imidazole rings is 1. The van der Waals surface area contributed by atoms with Gasteiger partial charge in [0.05, 0.1) is 12.2 Å². The summed E-state index contributed by atoms with van der Waals surface area (Å²) in [7, 11) is 1.78. The largest absolute Gasteiger partial charge is 0.381 e. The minimum Gasteiger partial charge on any atom is -0.381 e. The van der Waals surface area contributed by atoms with Crippen LogP contribution in [0.3, 0.4) is 0 Å². The van der Waals surface area contributed by atoms with Crippen LogP contribution in [0.25, 0.3) is 5.65 Å². The number of guanidine groups is 1. The second-order valence-electron chi connectivity index (χ2n) is 6.30. The Kier molecular flexibility index (Phi) is 7.06. The van der Waals surface area contributed by atoms with Crippen molar-refractivity contribution in [2.24, 2.45) is 10.9 Å². The second-order valence-corrected chi connectivity index (χ2v) is 6.30. The summed E-state index contributed by atoms with van der Waals surface area (Å²) in [5.74, 6) is 1.37. The van der Waals surface area contributed by atoms with E-state index in [0.717, 1.165) is 43.5 Å². The first-order valence-corrected chi connectivity index (χ1v) is 8.56. The summed E-state index contributed by atoms with van der Waals surface area (Å²) in [5, 5.41) is 6.59. The average Bonchev–Trinajstić information content (AvgIpc) is 2.97. The van der Waals surface area contributed by atoms with Gasteiger partial charge in [-0.2, -0.15) is 0 Å². The van der Waals surface area contributed by atoms with Gasteiger partial charge in [-0.25, -0.2) is 4.98 Å². The molecule has 2 aromatic heterocycles. The smallest absolute Gasteiger partial charge is 0.191 e. The highest BCUT2D eigenvalue weighted by Crippen LogP contribution is 2.08. The first-order valence-electron chi connectivity index (χ1n) is 8.56. The number of pyridine rings is 1. The lowest BCUT2D eigenvalue weighted by Gasteiger charge is -2.11. The molecule has 0 saturated heterocycles. The quantitative estimate of drug-likeness (QED) is 0.443. The molecule has 0 amide bonds. The number of nitrogens with zero attached hydrogens (tertiary/aromatic N) is 3. The number of ether oxygens (including phenoxy) is 1. The van der Waals surface area contributed by atoms with Crippen molar-refractivity contribution in [2.75, 3.05) is 26.8 Å². The third-order valence-electron chi connectivity index (χ3n) is 3.62. The first-order chi connectivity index (χ1) is 11.6. The standard InChI is InChI=1S/C18H29N5O/c1-14(2)13-24-10-6-9-20-18(19-4)21-11-16-12-23-15(3)7-5-8-17(23)22-16/h5,7-8,12,14H,6,9-11,13H2,1-4H3,(H2,19,20,21). The maximum Gasteiger partial charge on any atom is 0.191 e. The Balaban J connectivity index is 1.73. The number of aromatic nitrogens is 2. The van der Waals surface area contributed by atoms with E-state index in [1.807, 2.05) is 12.1 Å². The van der Waals surface area contributed by atoms with E-state index in [4.69, 9.17) is 4.74 Å². The summed E-state index contributed by atoms with van der Waals surface area (Å²) in [6.07, 6.45) is 3.02. The molecule has 6 heteroatoms. The van der Waals surface area contributed by atoms with E-state index in [1.165, 1.54) is 5.69 Å². The van der Waals surface area contributed by atoms with Gasteiger partial charge in [0.15, 0.2) is 5.96 Å². The summed E-state index contributed by atoms with van der Waals surface area (Å²) < 4.78 is 7.67. The number of hydrogen-bond acceptors (Lipinski definition) is 3. The molecular weight excluding hydrogens is 302 g/mol. The topological polar surface area (TPSA) is 63.0 Å². The van der Waals surface area contributed by atoms with Gasteiger partial charge in [0.1, 0.15) is 5.65 Å². The third-order valence-corrected chi connectivity index (χ3v) is 3.62. The van der Waals surface area contributed by atoms with Gasteiger partial charge < -0.3 is 19.8 Å². The van der Waals surface area contributed by atoms with Gasteiger partial charge in [-0.1, -0.05) is 19.9 Å². The van der Waals surface area contributed by atoms with E-state index in [1.54, 1.807) is 7.05 Å². The van der Waals surface area contributed by atoms with E-state index in [0.29, 0.717) is 12.5 Å². The van der Waals surface area contributed by atoms with Gasteiger partial charge in [0.2, 0.25) is 0 Å². The molecular formula is C18H29N5O. The molecule has 0 aliphatic carbocycles. The SMILES string of the molecule is CN=C(NCCCOCC(C)C)NCc1cn2c(C)cccc2n1. The fourth-order valence-corrected chi connectivity index (χ4v) is 2.38. The number of fused-ring (bicyclic) bond motifs is 1. The highest BCUT2D eigenvalue weighted by Gasteiger charge is 2.04. The molecule has 0 saturated carbocycles. The van der Waals surface area contributed by atoms with Crippen molar-refractivity contribution in [1.29, 1.82) is 0 Å². The van der Waals surface area contributed by atoms with E-state index in [-0.39, 0.29) is 0 Å². The summed E-state index contributed by atoms with van der Waals surface area (Å²) in [5.41, 5.74) is 3.14. The summed E-state index contributed by atoms with van der Waals surface area (Å²) in [4.78, 5) is 8.85. The van der Waals surface area contributed by atoms with Crippen LogP contribution in [-0.2, 0) is 11.3 Å². The van der Waals surface area contributed by atoms with Gasteiger partial charge in [0.25, 0.3) is 0 Å². The minimum atomic E-state index is 0.585. The van der Waals surface area contributed by atoms with Crippen molar-refractivity contribution in [3.05, 3.63) is 35.8 Å². The van der Waals surface area contributed by atoms with Crippen molar-refractivity contribution >= 4 is 11.6 Å². The predicted molar refractivity (Wildman–Crippen MR) is 98.4 cm³/mol. The fraction of sp³-hybridized carbons (Fsp3) is 0.556. The number of aryl methyl sites for hydroxylation is 1. The number of rotatable bonds is 8. The van der Waals surface area contributed by atoms with Gasteiger partial charge in [-0.15, -0.1) is 0 Å². The van der Waals surface area contributed by atoms with E-state index >= 15 is 0 Å². The highest BCUT2D eigenvalue weighted by atomic mass is 16.5. The zero-order chi connectivity index (χ0) is 17.4. The van der Waals surface area contributed by atoms with Gasteiger partial charge >= 0.3 is 0 Å². The summed E-state index contributed by atoms with van der Waals surface area (Å²) in [6, 6.07) is 6.12. The molecule has 0 aromatic carbocycles. The van der Waals surface area contributed by atoms with Crippen LogP contribution in [0.2, 0.25) is 0 Å². The maximum absolute atomic E-state index is 5.57. The van der Waals surface area contributed by atoms with Crippen LogP contribution >= 0.6 is 0 Å². The van der Waals surface area contributed by atoms with Gasteiger partial charge in [0, 0.05) is 38.7 Å². The molecule has 2 aromatic rings. The van der Waals surface area contributed by atoms with Crippen LogP contribution < -0.4 is 10.6 Å². The van der Waals surface area contributed by atoms with Crippen molar-refractivity contribution < 1.29 is 4.74 Å². The summed E-state index contributed by atoms with van der Waals surface area (Å²) in [6.45, 7) is 9.46. The number of aliphatic imine (C=N–C) groups is 1. The number of hydrogen-bond donors (Lipinski definition) is 2. The molecule has 2 rings (SSSR count). The van der Waals surface area contributed by atoms with Crippen LogP contribution in [0.1, 0.15) is 31.7 Å². The lowest BCUT2D eigenvalue weighted by molar-refractivity contribution is 0.108. The Morgan fingerprint density at radius 1 is 1.33 bits per heavy atom. The van der Waals surface area contributed by atoms with Crippen LogP contribution in [0.5, 0.6) is 0 Å². The average molecular weight is 331 g/mol. The van der Waals surface area contributed by atoms with Gasteiger partial charge in [-0.05, 0) is 31.4 Å². The van der Waals surface area contributed by atoms with Crippen LogP contribution in [-0.4, -0.2) is 42.2 Å². The Bertz CT molecular complexity index is 662. The fourth-order valence-electron chi connectivity index (χ4n) is 2.38. The molecule has 0 aliphatic heterocycles. The minimum absolute atomic E-state index is 0.585. The second kappa shape index (κ2) is 9.27. The Labute approximate surface area is 144 Å². The Morgan fingerprint density at radius 2 is 2.17 bits per heavy atom. The first kappa shape index (κ1) is 18.3. The monoisotopic (exact) mass is 331 g/mol. The van der Waals surface area contributed by atoms with E-state index in [2.05, 4.69) is 58.0 Å². The van der Waals surface area contributed by atoms with Crippen LogP contribution in [0.4, 0.5) is 0 Å². The lowest BCUT2D eigenvalue weighted by Crippen LogP contribution is -2.37. The van der Waals surface area contributed by atoms with Crippen LogP contribution in [0, 0.1) is 12.8 Å². The molecule has 24 heavy (non-hydrogen) atoms. The molecule has 6 nitrogen and oxygen atoms in total. The molecule has 132 valence electrons. The van der Waals surface area contributed by atoms with E-state index in [9.17, 15) is 0 Å². The van der Waals surface area contributed by atoms with Crippen molar-refractivity contribution in [2.45, 2.75) is 33.7 Å². The maximum atomic E-state index is 5.57. The molecule has 0 bridgehead atoms. The number of nitrogens with one attached hydrogen (secondary N) is 2. The Hall–Kier alpha value is -2.08. The molecule has 2 N–H and O–H groups in total. The molecule has 0 radical (unpaired) electrons. The molecule has 0 unspecified atom stereocenters. The normalized spacial score (nSPS) is 12.1. The lowest BCUT2D eigenvalue weighted by atomic mass is 10.2. The van der Waals surface area contributed by atoms with E-state index < -0.39 is 0 Å². The van der Waals surface area contributed by atoms with Crippen molar-refractivity contribution in [3.8, 4) is 0 Å². The van der Waals surface area contributed by atoms with Gasteiger partial charge in [-0.3, -0.25) is 4.99 Å². The molecule has 0 spiro atoms. The summed E-state index contributed by atoms with van der Waals surface area (Å²) >= 11 is 0. The molecule has 0 fully saturated rings. The Morgan fingerprint density at radius 3 is 2.88 bits per heavy atom. The third kappa shape index (κ3) is 5.53. The van der Waals surface area contributed by atoms with Crippen molar-refractivity contribution in [3.63, 3.8) is 0 Å². The predicted octanol–water partition coefficient (Wildman–Crippen LogP) is 2.37. The molecule has 2 heterocycles. The molecule has 0 atom stereocenters. The zero-order valence-electron chi connectivity index (χ0n) is 15.2.